The summed E-state index contributed by atoms with van der Waals surface area (Å²) in [5.74, 6) is 0.630. The van der Waals surface area contributed by atoms with Gasteiger partial charge in [0, 0.05) is 35.1 Å². The van der Waals surface area contributed by atoms with E-state index < -0.39 is 0 Å². The van der Waals surface area contributed by atoms with E-state index in [1.54, 1.807) is 23.7 Å². The number of hydrogen-bond acceptors (Lipinski definition) is 5. The molecule has 0 saturated carbocycles. The van der Waals surface area contributed by atoms with Crippen LogP contribution in [-0.4, -0.2) is 10.9 Å². The lowest BCUT2D eigenvalue weighted by Gasteiger charge is -2.13. The normalized spacial score (nSPS) is 11.5. The molecule has 6 heteroatoms. The number of nitrogens with zero attached hydrogens (tertiary/aromatic N) is 1. The molecule has 0 atom stereocenters. The van der Waals surface area contributed by atoms with Gasteiger partial charge in [0.05, 0.1) is 17.8 Å². The van der Waals surface area contributed by atoms with Gasteiger partial charge in [-0.15, -0.1) is 11.3 Å². The number of benzene rings is 1. The fourth-order valence-corrected chi connectivity index (χ4v) is 3.51. The molecule has 2 aromatic heterocycles. The van der Waals surface area contributed by atoms with Crippen molar-refractivity contribution in [2.45, 2.75) is 45.8 Å². The molecule has 27 heavy (non-hydrogen) atoms. The largest absolute Gasteiger partial charge is 0.467 e. The second kappa shape index (κ2) is 8.50. The maximum absolute atomic E-state index is 12.3. The summed E-state index contributed by atoms with van der Waals surface area (Å²) in [6, 6.07) is 11.3. The first-order chi connectivity index (χ1) is 12.9. The smallest absolute Gasteiger partial charge is 0.251 e. The zero-order valence-corrected chi connectivity index (χ0v) is 16.7. The summed E-state index contributed by atoms with van der Waals surface area (Å²) >= 11 is 1.74. The number of nitrogens with one attached hydrogen (secondary N) is 2. The summed E-state index contributed by atoms with van der Waals surface area (Å²) in [5, 5.41) is 7.44. The van der Waals surface area contributed by atoms with E-state index >= 15 is 0 Å². The van der Waals surface area contributed by atoms with Crippen LogP contribution >= 0.6 is 11.3 Å². The highest BCUT2D eigenvalue weighted by Crippen LogP contribution is 2.26. The lowest BCUT2D eigenvalue weighted by Crippen LogP contribution is -2.22. The van der Waals surface area contributed by atoms with Gasteiger partial charge < -0.3 is 15.1 Å². The van der Waals surface area contributed by atoms with Crippen molar-refractivity contribution in [2.24, 2.45) is 0 Å². The standard InChI is InChI=1S/C21H25N3O2S/c1-21(2,3)20-24-14-18(27-20)13-22-11-15-6-4-7-16(10-15)19(25)23-12-17-8-5-9-26-17/h4-10,14,22H,11-13H2,1-3H3,(H,23,25). The summed E-state index contributed by atoms with van der Waals surface area (Å²) in [6.45, 7) is 8.36. The molecule has 1 amide bonds. The Morgan fingerprint density at radius 3 is 2.70 bits per heavy atom. The van der Waals surface area contributed by atoms with E-state index in [0.717, 1.165) is 22.9 Å². The average molecular weight is 384 g/mol. The molecule has 142 valence electrons. The molecule has 0 spiro atoms. The lowest BCUT2D eigenvalue weighted by atomic mass is 9.98. The molecule has 3 rings (SSSR count). The first-order valence-corrected chi connectivity index (χ1v) is 9.79. The van der Waals surface area contributed by atoms with Crippen LogP contribution in [-0.2, 0) is 25.0 Å². The van der Waals surface area contributed by atoms with Gasteiger partial charge in [0.2, 0.25) is 0 Å². The number of aromatic nitrogens is 1. The van der Waals surface area contributed by atoms with E-state index in [4.69, 9.17) is 4.42 Å². The van der Waals surface area contributed by atoms with Crippen molar-refractivity contribution < 1.29 is 9.21 Å². The summed E-state index contributed by atoms with van der Waals surface area (Å²) < 4.78 is 5.23. The Labute approximate surface area is 163 Å². The molecule has 0 aliphatic heterocycles. The molecule has 0 radical (unpaired) electrons. The summed E-state index contributed by atoms with van der Waals surface area (Å²) in [6.07, 6.45) is 3.54. The van der Waals surface area contributed by atoms with Gasteiger partial charge in [-0.2, -0.15) is 0 Å². The maximum atomic E-state index is 12.3. The van der Waals surface area contributed by atoms with Crippen molar-refractivity contribution in [2.75, 3.05) is 0 Å². The molecule has 0 fully saturated rings. The SMILES string of the molecule is CC(C)(C)c1ncc(CNCc2cccc(C(=O)NCc3ccco3)c2)s1. The molecule has 2 N–H and O–H groups in total. The van der Waals surface area contributed by atoms with Crippen LogP contribution in [0.25, 0.3) is 0 Å². The predicted molar refractivity (Wildman–Crippen MR) is 108 cm³/mol. The molecular weight excluding hydrogens is 358 g/mol. The quantitative estimate of drug-likeness (QED) is 0.640. The molecule has 3 aromatic rings. The minimum absolute atomic E-state index is 0.0836. The second-order valence-corrected chi connectivity index (χ2v) is 8.56. The number of furan rings is 1. The molecule has 1 aromatic carbocycles. The number of thiazole rings is 1. The summed E-state index contributed by atoms with van der Waals surface area (Å²) in [7, 11) is 0. The topological polar surface area (TPSA) is 67.2 Å². The first-order valence-electron chi connectivity index (χ1n) is 8.97. The van der Waals surface area contributed by atoms with Crippen LogP contribution in [0.5, 0.6) is 0 Å². The van der Waals surface area contributed by atoms with Gasteiger partial charge in [-0.1, -0.05) is 32.9 Å². The van der Waals surface area contributed by atoms with E-state index in [1.165, 1.54) is 4.88 Å². The summed E-state index contributed by atoms with van der Waals surface area (Å²) in [5.41, 5.74) is 1.80. The Balaban J connectivity index is 1.51. The van der Waals surface area contributed by atoms with Crippen LogP contribution in [0.1, 0.15) is 52.3 Å². The van der Waals surface area contributed by atoms with Crippen LogP contribution in [0.15, 0.2) is 53.3 Å². The zero-order valence-electron chi connectivity index (χ0n) is 15.9. The highest BCUT2D eigenvalue weighted by atomic mass is 32.1. The van der Waals surface area contributed by atoms with Crippen LogP contribution < -0.4 is 10.6 Å². The van der Waals surface area contributed by atoms with Gasteiger partial charge in [-0.05, 0) is 29.8 Å². The van der Waals surface area contributed by atoms with Gasteiger partial charge >= 0.3 is 0 Å². The predicted octanol–water partition coefficient (Wildman–Crippen LogP) is 4.25. The monoisotopic (exact) mass is 383 g/mol. The first kappa shape index (κ1) is 19.3. The summed E-state index contributed by atoms with van der Waals surface area (Å²) in [4.78, 5) is 18.0. The number of rotatable bonds is 7. The fourth-order valence-electron chi connectivity index (χ4n) is 2.57. The Morgan fingerprint density at radius 2 is 2.00 bits per heavy atom. The second-order valence-electron chi connectivity index (χ2n) is 7.45. The van der Waals surface area contributed by atoms with Gasteiger partial charge in [-0.25, -0.2) is 4.98 Å². The van der Waals surface area contributed by atoms with E-state index in [1.807, 2.05) is 36.5 Å². The third-order valence-electron chi connectivity index (χ3n) is 4.02. The Morgan fingerprint density at radius 1 is 1.15 bits per heavy atom. The molecule has 0 saturated heterocycles. The zero-order chi connectivity index (χ0) is 19.3. The van der Waals surface area contributed by atoms with Crippen LogP contribution in [0.3, 0.4) is 0 Å². The molecule has 5 nitrogen and oxygen atoms in total. The molecule has 0 aliphatic carbocycles. The van der Waals surface area contributed by atoms with Crippen molar-refractivity contribution >= 4 is 17.2 Å². The van der Waals surface area contributed by atoms with E-state index in [9.17, 15) is 4.79 Å². The number of amides is 1. The average Bonchev–Trinajstić information content (AvgIpc) is 3.31. The van der Waals surface area contributed by atoms with Crippen molar-refractivity contribution in [1.82, 2.24) is 15.6 Å². The van der Waals surface area contributed by atoms with Gasteiger partial charge in [0.1, 0.15) is 5.76 Å². The Bertz CT molecular complexity index is 879. The molecular formula is C21H25N3O2S. The van der Waals surface area contributed by atoms with Crippen molar-refractivity contribution in [3.63, 3.8) is 0 Å². The molecule has 0 unspecified atom stereocenters. The number of carbonyl (C=O) groups excluding carboxylic acids is 1. The Hall–Kier alpha value is -2.44. The minimum Gasteiger partial charge on any atom is -0.467 e. The van der Waals surface area contributed by atoms with Crippen LogP contribution in [0.4, 0.5) is 0 Å². The van der Waals surface area contributed by atoms with Crippen LogP contribution in [0, 0.1) is 0 Å². The van der Waals surface area contributed by atoms with E-state index in [-0.39, 0.29) is 11.3 Å². The highest BCUT2D eigenvalue weighted by molar-refractivity contribution is 7.11. The van der Waals surface area contributed by atoms with Crippen molar-refractivity contribution in [3.05, 3.63) is 75.6 Å². The molecule has 0 aliphatic rings. The highest BCUT2D eigenvalue weighted by Gasteiger charge is 2.17. The molecule has 2 heterocycles. The lowest BCUT2D eigenvalue weighted by molar-refractivity contribution is 0.0948. The van der Waals surface area contributed by atoms with Crippen molar-refractivity contribution in [3.8, 4) is 0 Å². The third-order valence-corrected chi connectivity index (χ3v) is 5.44. The van der Waals surface area contributed by atoms with Crippen molar-refractivity contribution in [1.29, 1.82) is 0 Å². The van der Waals surface area contributed by atoms with E-state index in [2.05, 4.69) is 36.4 Å². The van der Waals surface area contributed by atoms with Crippen LogP contribution in [0.2, 0.25) is 0 Å². The molecule has 0 bridgehead atoms. The van der Waals surface area contributed by atoms with E-state index in [0.29, 0.717) is 18.7 Å². The number of carbonyl (C=O) groups is 1. The Kier molecular flexibility index (Phi) is 6.08. The van der Waals surface area contributed by atoms with Gasteiger partial charge in [-0.3, -0.25) is 4.79 Å². The maximum Gasteiger partial charge on any atom is 0.251 e. The van der Waals surface area contributed by atoms with Gasteiger partial charge in [0.15, 0.2) is 0 Å². The van der Waals surface area contributed by atoms with Gasteiger partial charge in [0.25, 0.3) is 5.91 Å². The third kappa shape index (κ3) is 5.52. The number of hydrogen-bond donors (Lipinski definition) is 2. The minimum atomic E-state index is -0.106. The fraction of sp³-hybridized carbons (Fsp3) is 0.333.